The number of anilines is 3. The predicted octanol–water partition coefficient (Wildman–Crippen LogP) is 12.9. The molecule has 6 aromatic carbocycles. The third kappa shape index (κ3) is 3.73. The van der Waals surface area contributed by atoms with E-state index in [2.05, 4.69) is 144 Å². The van der Waals surface area contributed by atoms with E-state index in [4.69, 9.17) is 0 Å². The summed E-state index contributed by atoms with van der Waals surface area (Å²) in [5.74, 6) is 3.47. The van der Waals surface area contributed by atoms with Crippen molar-refractivity contribution in [1.29, 1.82) is 0 Å². The number of hydrogen-bond acceptors (Lipinski definition) is 2. The van der Waals surface area contributed by atoms with Gasteiger partial charge in [-0.1, -0.05) is 97.1 Å². The van der Waals surface area contributed by atoms with Crippen LogP contribution in [0.2, 0.25) is 0 Å². The van der Waals surface area contributed by atoms with Gasteiger partial charge in [0.15, 0.2) is 0 Å². The third-order valence-electron chi connectivity index (χ3n) is 12.7. The standard InChI is InChI=1S/C46H37NS/c1-2-9-34(10-3-1)47(35-19-17-31(18-20-35)37-13-8-14-40-39-12-5-7-16-44(39)48-45(37)40)36-21-22-43-41(28-36)38-11-4-6-15-42(38)46(43)32-24-29-23-30(26-32)27-33(46)25-29/h1-22,28-30,32-33H,23-27H2. The molecule has 0 amide bonds. The molecule has 0 saturated heterocycles. The molecule has 4 fully saturated rings. The molecule has 4 bridgehead atoms. The zero-order valence-electron chi connectivity index (χ0n) is 27.0. The van der Waals surface area contributed by atoms with Gasteiger partial charge in [-0.05, 0) is 132 Å². The molecule has 0 unspecified atom stereocenters. The summed E-state index contributed by atoms with van der Waals surface area (Å²) in [5, 5.41) is 2.69. The van der Waals surface area contributed by atoms with Crippen molar-refractivity contribution in [2.45, 2.75) is 37.5 Å². The molecule has 0 radical (unpaired) electrons. The lowest BCUT2D eigenvalue weighted by Gasteiger charge is -2.61. The molecule has 1 nitrogen and oxygen atoms in total. The van der Waals surface area contributed by atoms with Crippen LogP contribution in [0.15, 0.2) is 140 Å². The molecule has 0 atom stereocenters. The molecule has 0 N–H and O–H groups in total. The number of hydrogen-bond donors (Lipinski definition) is 0. The number of benzene rings is 6. The van der Waals surface area contributed by atoms with Gasteiger partial charge in [0.2, 0.25) is 0 Å². The van der Waals surface area contributed by atoms with Crippen LogP contribution in [0.5, 0.6) is 0 Å². The molecule has 232 valence electrons. The molecule has 1 heterocycles. The van der Waals surface area contributed by atoms with Crippen molar-refractivity contribution in [3.8, 4) is 22.3 Å². The Morgan fingerprint density at radius 3 is 1.92 bits per heavy atom. The molecule has 0 aliphatic heterocycles. The van der Waals surface area contributed by atoms with Crippen LogP contribution in [-0.4, -0.2) is 0 Å². The monoisotopic (exact) mass is 635 g/mol. The van der Waals surface area contributed by atoms with Crippen LogP contribution < -0.4 is 4.90 Å². The minimum Gasteiger partial charge on any atom is -0.310 e. The van der Waals surface area contributed by atoms with Gasteiger partial charge in [0.1, 0.15) is 0 Å². The molecule has 2 heteroatoms. The smallest absolute Gasteiger partial charge is 0.0468 e. The highest BCUT2D eigenvalue weighted by molar-refractivity contribution is 7.26. The van der Waals surface area contributed by atoms with Crippen molar-refractivity contribution in [2.24, 2.45) is 23.7 Å². The van der Waals surface area contributed by atoms with Gasteiger partial charge in [0.25, 0.3) is 0 Å². The predicted molar refractivity (Wildman–Crippen MR) is 203 cm³/mol. The first kappa shape index (κ1) is 27.3. The summed E-state index contributed by atoms with van der Waals surface area (Å²) in [7, 11) is 0. The zero-order valence-corrected chi connectivity index (χ0v) is 27.8. The number of rotatable bonds is 4. The lowest BCUT2D eigenvalue weighted by Crippen LogP contribution is -2.55. The average molecular weight is 636 g/mol. The van der Waals surface area contributed by atoms with Gasteiger partial charge < -0.3 is 4.90 Å². The maximum Gasteiger partial charge on any atom is 0.0468 e. The highest BCUT2D eigenvalue weighted by atomic mass is 32.1. The van der Waals surface area contributed by atoms with Crippen molar-refractivity contribution in [3.05, 3.63) is 151 Å². The maximum atomic E-state index is 2.54. The van der Waals surface area contributed by atoms with Crippen LogP contribution >= 0.6 is 11.3 Å². The Labute approximate surface area is 286 Å². The van der Waals surface area contributed by atoms with E-state index in [0.717, 1.165) is 23.7 Å². The Hall–Kier alpha value is -4.66. The van der Waals surface area contributed by atoms with Gasteiger partial charge in [-0.15, -0.1) is 11.3 Å². The van der Waals surface area contributed by atoms with Crippen LogP contribution in [0, 0.1) is 23.7 Å². The fourth-order valence-corrected chi connectivity index (χ4v) is 12.3. The van der Waals surface area contributed by atoms with Gasteiger partial charge >= 0.3 is 0 Å². The largest absolute Gasteiger partial charge is 0.310 e. The van der Waals surface area contributed by atoms with E-state index in [0.29, 0.717) is 0 Å². The van der Waals surface area contributed by atoms with Crippen molar-refractivity contribution in [1.82, 2.24) is 0 Å². The molecular weight excluding hydrogens is 599 g/mol. The Balaban J connectivity index is 1.04. The summed E-state index contributed by atoms with van der Waals surface area (Å²) in [4.78, 5) is 2.45. The Kier molecular flexibility index (Phi) is 5.79. The highest BCUT2D eigenvalue weighted by Gasteiger charge is 2.61. The average Bonchev–Trinajstić information content (AvgIpc) is 3.65. The molecule has 12 rings (SSSR count). The molecule has 5 aliphatic carbocycles. The maximum absolute atomic E-state index is 2.54. The quantitative estimate of drug-likeness (QED) is 0.186. The first-order chi connectivity index (χ1) is 23.8. The Morgan fingerprint density at radius 2 is 1.10 bits per heavy atom. The van der Waals surface area contributed by atoms with Crippen LogP contribution in [0.25, 0.3) is 42.4 Å². The second-order valence-electron chi connectivity index (χ2n) is 14.9. The number of thiophene rings is 1. The molecule has 1 spiro atoms. The van der Waals surface area contributed by atoms with E-state index < -0.39 is 0 Å². The lowest BCUT2D eigenvalue weighted by molar-refractivity contribution is -0.0399. The molecule has 5 aliphatic rings. The first-order valence-electron chi connectivity index (χ1n) is 17.9. The first-order valence-corrected chi connectivity index (χ1v) is 18.7. The number of para-hydroxylation sites is 1. The second kappa shape index (κ2) is 10.2. The second-order valence-corrected chi connectivity index (χ2v) is 16.0. The van der Waals surface area contributed by atoms with Crippen LogP contribution in [-0.2, 0) is 5.41 Å². The molecule has 4 saturated carbocycles. The third-order valence-corrected chi connectivity index (χ3v) is 13.9. The van der Waals surface area contributed by atoms with Crippen LogP contribution in [0.3, 0.4) is 0 Å². The van der Waals surface area contributed by atoms with E-state index in [1.54, 1.807) is 11.1 Å². The van der Waals surface area contributed by atoms with Gasteiger partial charge in [0.05, 0.1) is 0 Å². The number of nitrogens with zero attached hydrogens (tertiary/aromatic N) is 1. The Morgan fingerprint density at radius 1 is 0.479 bits per heavy atom. The minimum atomic E-state index is 0.199. The fourth-order valence-electron chi connectivity index (χ4n) is 11.1. The molecule has 1 aromatic heterocycles. The molecule has 48 heavy (non-hydrogen) atoms. The molecule has 7 aromatic rings. The highest BCUT2D eigenvalue weighted by Crippen LogP contribution is 2.69. The summed E-state index contributed by atoms with van der Waals surface area (Å²) < 4.78 is 2.71. The van der Waals surface area contributed by atoms with Crippen molar-refractivity contribution < 1.29 is 0 Å². The summed E-state index contributed by atoms with van der Waals surface area (Å²) in [6, 6.07) is 52.7. The van der Waals surface area contributed by atoms with E-state index >= 15 is 0 Å². The summed E-state index contributed by atoms with van der Waals surface area (Å²) >= 11 is 1.90. The number of fused-ring (bicyclic) bond motifs is 6. The topological polar surface area (TPSA) is 3.24 Å². The normalized spacial score (nSPS) is 24.8. The van der Waals surface area contributed by atoms with Gasteiger partial charge in [-0.2, -0.15) is 0 Å². The van der Waals surface area contributed by atoms with Gasteiger partial charge in [-0.25, -0.2) is 0 Å². The zero-order chi connectivity index (χ0) is 31.4. The van der Waals surface area contributed by atoms with Crippen LogP contribution in [0.1, 0.15) is 43.2 Å². The summed E-state index contributed by atoms with van der Waals surface area (Å²) in [6.45, 7) is 0. The lowest BCUT2D eigenvalue weighted by atomic mass is 9.43. The van der Waals surface area contributed by atoms with Crippen LogP contribution in [0.4, 0.5) is 17.1 Å². The fraction of sp³-hybridized carbons (Fsp3) is 0.217. The Bertz CT molecular complexity index is 2340. The van der Waals surface area contributed by atoms with E-state index in [1.807, 2.05) is 11.3 Å². The van der Waals surface area contributed by atoms with Gasteiger partial charge in [0, 0.05) is 42.6 Å². The van der Waals surface area contributed by atoms with Gasteiger partial charge in [-0.3, -0.25) is 0 Å². The summed E-state index contributed by atoms with van der Waals surface area (Å²) in [6.07, 6.45) is 7.15. The van der Waals surface area contributed by atoms with Crippen molar-refractivity contribution in [3.63, 3.8) is 0 Å². The van der Waals surface area contributed by atoms with E-state index in [1.165, 1.54) is 91.6 Å². The van der Waals surface area contributed by atoms with E-state index in [-0.39, 0.29) is 5.41 Å². The minimum absolute atomic E-state index is 0.199. The van der Waals surface area contributed by atoms with E-state index in [9.17, 15) is 0 Å². The van der Waals surface area contributed by atoms with Crippen molar-refractivity contribution in [2.75, 3.05) is 4.90 Å². The van der Waals surface area contributed by atoms with Crippen molar-refractivity contribution >= 4 is 48.6 Å². The summed E-state index contributed by atoms with van der Waals surface area (Å²) in [5.41, 5.74) is 12.5. The SMILES string of the molecule is c1ccc(N(c2ccc(-c3cccc4c3sc3ccccc34)cc2)c2ccc3c(c2)-c2ccccc2C32C3CC4CC(C3)CC2C4)cc1. The molecular formula is C46H37NS.